The number of hydrogen-bond donors (Lipinski definition) is 0. The van der Waals surface area contributed by atoms with E-state index in [0.29, 0.717) is 40.5 Å². The van der Waals surface area contributed by atoms with Gasteiger partial charge in [0.25, 0.3) is 5.56 Å². The van der Waals surface area contributed by atoms with Crippen molar-refractivity contribution in [2.24, 2.45) is 10.9 Å². The molecule has 3 aromatic carbocycles. The Balaban J connectivity index is 1.55. The average Bonchev–Trinajstić information content (AvgIpc) is 3.25. The van der Waals surface area contributed by atoms with Crippen LogP contribution in [0.4, 0.5) is 0 Å². The maximum atomic E-state index is 14.0. The van der Waals surface area contributed by atoms with Crippen LogP contribution in [0.5, 0.6) is 0 Å². The van der Waals surface area contributed by atoms with Crippen LogP contribution in [0.2, 0.25) is 5.02 Å². The van der Waals surface area contributed by atoms with E-state index in [1.54, 1.807) is 24.4 Å². The lowest BCUT2D eigenvalue weighted by Crippen LogP contribution is -2.42. The molecule has 0 bridgehead atoms. The Bertz CT molecular complexity index is 1810. The number of rotatable bonds is 6. The van der Waals surface area contributed by atoms with Gasteiger partial charge in [0, 0.05) is 11.6 Å². The van der Waals surface area contributed by atoms with Crippen molar-refractivity contribution in [2.75, 3.05) is 6.54 Å². The van der Waals surface area contributed by atoms with Gasteiger partial charge in [-0.05, 0) is 55.7 Å². The van der Waals surface area contributed by atoms with Gasteiger partial charge in [0.2, 0.25) is 0 Å². The van der Waals surface area contributed by atoms with Gasteiger partial charge in [0.1, 0.15) is 11.5 Å². The summed E-state index contributed by atoms with van der Waals surface area (Å²) in [7, 11) is 0. The fourth-order valence-electron chi connectivity index (χ4n) is 5.53. The molecule has 6 rings (SSSR count). The maximum Gasteiger partial charge on any atom is 0.261 e. The fourth-order valence-corrected chi connectivity index (χ4v) is 5.70. The second-order valence-corrected chi connectivity index (χ2v) is 11.8. The largest absolute Gasteiger partial charge is 0.342 e. The number of hydrogen-bond acceptors (Lipinski definition) is 6. The molecule has 5 aromatic rings. The number of aliphatic imine (C=N–C) groups is 1. The quantitative estimate of drug-likeness (QED) is 0.249. The van der Waals surface area contributed by atoms with Gasteiger partial charge in [-0.15, -0.1) is 0 Å². The first-order valence-electron chi connectivity index (χ1n) is 13.5. The number of amidine groups is 1. The van der Waals surface area contributed by atoms with Crippen LogP contribution in [0.1, 0.15) is 50.8 Å². The van der Waals surface area contributed by atoms with Gasteiger partial charge in [-0.2, -0.15) is 0 Å². The topological polar surface area (TPSA) is 76.3 Å². The van der Waals surface area contributed by atoms with Crippen molar-refractivity contribution in [1.82, 2.24) is 24.4 Å². The Morgan fingerprint density at radius 1 is 0.925 bits per heavy atom. The van der Waals surface area contributed by atoms with Gasteiger partial charge in [0.15, 0.2) is 5.84 Å². The van der Waals surface area contributed by atoms with E-state index in [0.717, 1.165) is 22.4 Å². The van der Waals surface area contributed by atoms with Crippen molar-refractivity contribution in [1.29, 1.82) is 0 Å². The fraction of sp³-hybridized carbons (Fsp3) is 0.281. The standard InChI is InChI=1S/C32H31ClN6O/c1-20(2)28(39-19-32(3,4)37-29(39)27-17-34-24-12-8-9-13-25(24)35-27)30-36-26-16-22(33)14-15-23(26)31(40)38(30)18-21-10-6-5-7-11-21/h5-17,20,28H,18-19H2,1-4H3. The van der Waals surface area contributed by atoms with E-state index in [1.807, 2.05) is 59.2 Å². The molecule has 0 N–H and O–H groups in total. The van der Waals surface area contributed by atoms with Gasteiger partial charge >= 0.3 is 0 Å². The highest BCUT2D eigenvalue weighted by atomic mass is 35.5. The molecule has 0 fully saturated rings. The molecular formula is C32H31ClN6O. The van der Waals surface area contributed by atoms with Crippen LogP contribution in [0.15, 0.2) is 88.8 Å². The molecule has 8 heteroatoms. The normalized spacial score (nSPS) is 15.7. The van der Waals surface area contributed by atoms with Crippen LogP contribution in [0, 0.1) is 5.92 Å². The summed E-state index contributed by atoms with van der Waals surface area (Å²) < 4.78 is 1.81. The van der Waals surface area contributed by atoms with E-state index in [1.165, 1.54) is 0 Å². The van der Waals surface area contributed by atoms with E-state index < -0.39 is 0 Å². The van der Waals surface area contributed by atoms with Crippen molar-refractivity contribution in [3.05, 3.63) is 111 Å². The number of fused-ring (bicyclic) bond motifs is 2. The molecule has 202 valence electrons. The van der Waals surface area contributed by atoms with E-state index in [-0.39, 0.29) is 23.1 Å². The number of para-hydroxylation sites is 2. The zero-order valence-electron chi connectivity index (χ0n) is 23.0. The molecule has 1 atom stereocenters. The Kier molecular flexibility index (Phi) is 6.62. The Hall–Kier alpha value is -4.10. The van der Waals surface area contributed by atoms with Crippen LogP contribution in [0.3, 0.4) is 0 Å². The second-order valence-electron chi connectivity index (χ2n) is 11.3. The third kappa shape index (κ3) is 4.86. The highest BCUT2D eigenvalue weighted by Crippen LogP contribution is 2.36. The number of benzene rings is 3. The summed E-state index contributed by atoms with van der Waals surface area (Å²) in [5, 5.41) is 1.09. The SMILES string of the molecule is CC(C)C(c1nc2cc(Cl)ccc2c(=O)n1Cc1ccccc1)N1CC(C)(C)N=C1c1cnc2ccccc2n1. The van der Waals surface area contributed by atoms with Crippen LogP contribution in [0.25, 0.3) is 21.9 Å². The molecule has 0 amide bonds. The van der Waals surface area contributed by atoms with Gasteiger partial charge in [-0.1, -0.05) is 67.9 Å². The highest BCUT2D eigenvalue weighted by Gasteiger charge is 2.40. The zero-order chi connectivity index (χ0) is 28.0. The molecule has 1 unspecified atom stereocenters. The van der Waals surface area contributed by atoms with Crippen molar-refractivity contribution < 1.29 is 0 Å². The van der Waals surface area contributed by atoms with Crippen LogP contribution < -0.4 is 5.56 Å². The van der Waals surface area contributed by atoms with Crippen molar-refractivity contribution in [2.45, 2.75) is 45.8 Å². The first-order valence-corrected chi connectivity index (χ1v) is 13.9. The summed E-state index contributed by atoms with van der Waals surface area (Å²) >= 11 is 6.36. The van der Waals surface area contributed by atoms with E-state index >= 15 is 0 Å². The monoisotopic (exact) mass is 550 g/mol. The predicted molar refractivity (Wildman–Crippen MR) is 161 cm³/mol. The third-order valence-corrected chi connectivity index (χ3v) is 7.51. The lowest BCUT2D eigenvalue weighted by molar-refractivity contribution is 0.225. The van der Waals surface area contributed by atoms with Crippen molar-refractivity contribution in [3.63, 3.8) is 0 Å². The molecule has 1 aliphatic heterocycles. The van der Waals surface area contributed by atoms with E-state index in [9.17, 15) is 4.79 Å². The number of halogens is 1. The van der Waals surface area contributed by atoms with Crippen LogP contribution in [-0.4, -0.2) is 42.3 Å². The Morgan fingerprint density at radius 3 is 2.40 bits per heavy atom. The molecule has 0 radical (unpaired) electrons. The summed E-state index contributed by atoms with van der Waals surface area (Å²) in [5.41, 5.74) is 3.52. The predicted octanol–water partition coefficient (Wildman–Crippen LogP) is 6.28. The molecular weight excluding hydrogens is 520 g/mol. The van der Waals surface area contributed by atoms with Gasteiger partial charge in [-0.25, -0.2) is 9.97 Å². The molecule has 0 aliphatic carbocycles. The van der Waals surface area contributed by atoms with Crippen molar-refractivity contribution >= 4 is 39.4 Å². The van der Waals surface area contributed by atoms with Crippen LogP contribution in [-0.2, 0) is 6.54 Å². The molecule has 3 heterocycles. The second kappa shape index (κ2) is 10.1. The molecule has 0 saturated carbocycles. The lowest BCUT2D eigenvalue weighted by atomic mass is 9.98. The molecule has 7 nitrogen and oxygen atoms in total. The van der Waals surface area contributed by atoms with Crippen LogP contribution >= 0.6 is 11.6 Å². The first-order chi connectivity index (χ1) is 19.2. The van der Waals surface area contributed by atoms with E-state index in [4.69, 9.17) is 26.6 Å². The molecule has 0 spiro atoms. The number of aromatic nitrogens is 4. The summed E-state index contributed by atoms with van der Waals surface area (Å²) in [5.74, 6) is 1.53. The third-order valence-electron chi connectivity index (χ3n) is 7.28. The minimum absolute atomic E-state index is 0.0892. The Morgan fingerprint density at radius 2 is 1.65 bits per heavy atom. The first kappa shape index (κ1) is 26.1. The maximum absolute atomic E-state index is 14.0. The minimum atomic E-state index is -0.361. The van der Waals surface area contributed by atoms with E-state index in [2.05, 4.69) is 37.6 Å². The number of nitrogens with zero attached hydrogens (tertiary/aromatic N) is 6. The molecule has 2 aromatic heterocycles. The van der Waals surface area contributed by atoms with Gasteiger partial charge in [0.05, 0.1) is 46.3 Å². The molecule has 0 saturated heterocycles. The minimum Gasteiger partial charge on any atom is -0.342 e. The smallest absolute Gasteiger partial charge is 0.261 e. The highest BCUT2D eigenvalue weighted by molar-refractivity contribution is 6.31. The molecule has 1 aliphatic rings. The summed E-state index contributed by atoms with van der Waals surface area (Å²) in [4.78, 5) is 36.2. The lowest BCUT2D eigenvalue weighted by Gasteiger charge is -2.35. The van der Waals surface area contributed by atoms with Gasteiger partial charge in [-0.3, -0.25) is 19.3 Å². The zero-order valence-corrected chi connectivity index (χ0v) is 23.8. The molecule has 40 heavy (non-hydrogen) atoms. The summed E-state index contributed by atoms with van der Waals surface area (Å²) in [6.07, 6.45) is 1.79. The summed E-state index contributed by atoms with van der Waals surface area (Å²) in [6.45, 7) is 9.59. The Labute approximate surface area is 238 Å². The average molecular weight is 551 g/mol. The van der Waals surface area contributed by atoms with Gasteiger partial charge < -0.3 is 4.90 Å². The summed E-state index contributed by atoms with van der Waals surface area (Å²) in [6, 6.07) is 22.9. The van der Waals surface area contributed by atoms with Crippen molar-refractivity contribution in [3.8, 4) is 0 Å².